The van der Waals surface area contributed by atoms with Gasteiger partial charge in [-0.1, -0.05) is 18.5 Å². The van der Waals surface area contributed by atoms with E-state index in [0.29, 0.717) is 0 Å². The van der Waals surface area contributed by atoms with Gasteiger partial charge in [0.15, 0.2) is 0 Å². The van der Waals surface area contributed by atoms with E-state index in [2.05, 4.69) is 4.98 Å². The van der Waals surface area contributed by atoms with Crippen LogP contribution in [0.5, 0.6) is 0 Å². The maximum Gasteiger partial charge on any atom is 0.303 e. The molecule has 1 aromatic rings. The third-order valence-electron chi connectivity index (χ3n) is 1.93. The van der Waals surface area contributed by atoms with Crippen LogP contribution in [-0.4, -0.2) is 16.1 Å². The first-order valence-electron chi connectivity index (χ1n) is 4.10. The predicted molar refractivity (Wildman–Crippen MR) is 52.7 cm³/mol. The number of aromatic amines is 1. The van der Waals surface area contributed by atoms with Gasteiger partial charge in [0.25, 0.3) is 5.56 Å². The van der Waals surface area contributed by atoms with Gasteiger partial charge in [0.1, 0.15) is 5.02 Å². The number of hydrogen-bond acceptors (Lipinski definition) is 2. The van der Waals surface area contributed by atoms with E-state index in [4.69, 9.17) is 16.7 Å². The number of rotatable bonds is 3. The molecular formula is C9H10ClNO3. The van der Waals surface area contributed by atoms with Gasteiger partial charge in [0.05, 0.1) is 6.42 Å². The average Bonchev–Trinajstić information content (AvgIpc) is 2.08. The Kier molecular flexibility index (Phi) is 3.30. The highest BCUT2D eigenvalue weighted by atomic mass is 35.5. The van der Waals surface area contributed by atoms with Gasteiger partial charge in [-0.3, -0.25) is 9.59 Å². The van der Waals surface area contributed by atoms with E-state index in [-0.39, 0.29) is 22.9 Å². The Hall–Kier alpha value is -1.29. The van der Waals surface area contributed by atoms with Crippen LogP contribution in [0, 0.1) is 0 Å². The van der Waals surface area contributed by atoms with Crippen LogP contribution < -0.4 is 5.56 Å². The number of halogens is 1. The zero-order valence-corrected chi connectivity index (χ0v) is 8.34. The van der Waals surface area contributed by atoms with Crippen LogP contribution in [0.4, 0.5) is 0 Å². The summed E-state index contributed by atoms with van der Waals surface area (Å²) >= 11 is 5.60. The van der Waals surface area contributed by atoms with Gasteiger partial charge in [-0.25, -0.2) is 0 Å². The first kappa shape index (κ1) is 10.8. The number of aromatic nitrogens is 1. The third-order valence-corrected chi connectivity index (χ3v) is 2.21. The highest BCUT2D eigenvalue weighted by Gasteiger charge is 2.11. The Morgan fingerprint density at radius 3 is 2.86 bits per heavy atom. The fourth-order valence-electron chi connectivity index (χ4n) is 1.14. The van der Waals surface area contributed by atoms with Gasteiger partial charge >= 0.3 is 5.97 Å². The summed E-state index contributed by atoms with van der Waals surface area (Å²) in [5, 5.41) is 8.65. The molecule has 0 saturated heterocycles. The molecule has 5 heteroatoms. The number of pyridine rings is 1. The Balaban J connectivity index is 2.91. The summed E-state index contributed by atoms with van der Waals surface area (Å²) in [6.07, 6.45) is 1.50. The molecule has 2 N–H and O–H groups in total. The zero-order chi connectivity index (χ0) is 10.7. The molecule has 0 aliphatic heterocycles. The summed E-state index contributed by atoms with van der Waals surface area (Å²) in [4.78, 5) is 23.8. The number of nitrogens with one attached hydrogen (secondary N) is 1. The van der Waals surface area contributed by atoms with E-state index < -0.39 is 5.97 Å². The van der Waals surface area contributed by atoms with E-state index in [1.165, 1.54) is 12.3 Å². The summed E-state index contributed by atoms with van der Waals surface area (Å²) in [7, 11) is 0. The van der Waals surface area contributed by atoms with Gasteiger partial charge in [-0.15, -0.1) is 0 Å². The second kappa shape index (κ2) is 4.28. The van der Waals surface area contributed by atoms with Crippen molar-refractivity contribution in [3.05, 3.63) is 33.2 Å². The summed E-state index contributed by atoms with van der Waals surface area (Å²) in [5.74, 6) is -1.04. The molecule has 0 bridgehead atoms. The molecule has 14 heavy (non-hydrogen) atoms. The highest BCUT2D eigenvalue weighted by molar-refractivity contribution is 6.30. The number of carboxylic acid groups (broad SMARTS) is 1. The molecule has 1 rings (SSSR count). The van der Waals surface area contributed by atoms with Crippen LogP contribution in [-0.2, 0) is 4.79 Å². The lowest BCUT2D eigenvalue weighted by Gasteiger charge is -2.08. The number of aliphatic carboxylic acids is 1. The normalized spacial score (nSPS) is 12.4. The quantitative estimate of drug-likeness (QED) is 0.805. The fourth-order valence-corrected chi connectivity index (χ4v) is 1.32. The van der Waals surface area contributed by atoms with Crippen molar-refractivity contribution in [3.63, 3.8) is 0 Å². The molecular weight excluding hydrogens is 206 g/mol. The molecule has 76 valence electrons. The second-order valence-electron chi connectivity index (χ2n) is 3.11. The Morgan fingerprint density at radius 1 is 1.71 bits per heavy atom. The standard InChI is InChI=1S/C9H10ClNO3/c1-5(2-8(12)13)6-3-7(10)9(14)11-4-6/h3-5H,2H2,1H3,(H,11,14)(H,12,13). The zero-order valence-electron chi connectivity index (χ0n) is 7.58. The van der Waals surface area contributed by atoms with E-state index in [1.54, 1.807) is 6.92 Å². The first-order valence-corrected chi connectivity index (χ1v) is 4.48. The molecule has 4 nitrogen and oxygen atoms in total. The highest BCUT2D eigenvalue weighted by Crippen LogP contribution is 2.19. The third kappa shape index (κ3) is 2.60. The Bertz CT molecular complexity index is 399. The number of carbonyl (C=O) groups is 1. The minimum Gasteiger partial charge on any atom is -0.481 e. The number of hydrogen-bond donors (Lipinski definition) is 2. The van der Waals surface area contributed by atoms with Crippen LogP contribution in [0.15, 0.2) is 17.1 Å². The molecule has 0 aliphatic rings. The van der Waals surface area contributed by atoms with Crippen molar-refractivity contribution in [2.45, 2.75) is 19.3 Å². The van der Waals surface area contributed by atoms with Gasteiger partial charge in [0, 0.05) is 6.20 Å². The van der Waals surface area contributed by atoms with E-state index >= 15 is 0 Å². The van der Waals surface area contributed by atoms with E-state index in [1.807, 2.05) is 0 Å². The largest absolute Gasteiger partial charge is 0.481 e. The van der Waals surface area contributed by atoms with Crippen LogP contribution in [0.3, 0.4) is 0 Å². The summed E-state index contributed by atoms with van der Waals surface area (Å²) in [6.45, 7) is 1.76. The summed E-state index contributed by atoms with van der Waals surface area (Å²) < 4.78 is 0. The molecule has 0 saturated carbocycles. The van der Waals surface area contributed by atoms with Crippen LogP contribution in [0.25, 0.3) is 0 Å². The van der Waals surface area contributed by atoms with Crippen LogP contribution in [0.2, 0.25) is 5.02 Å². The van der Waals surface area contributed by atoms with Crippen molar-refractivity contribution in [3.8, 4) is 0 Å². The molecule has 1 atom stereocenters. The summed E-state index contributed by atoms with van der Waals surface area (Å²) in [5.41, 5.74) is 0.356. The molecule has 0 aliphatic carbocycles. The van der Waals surface area contributed by atoms with Crippen molar-refractivity contribution in [2.75, 3.05) is 0 Å². The molecule has 0 spiro atoms. The Labute approximate surface area is 85.5 Å². The SMILES string of the molecule is CC(CC(=O)O)c1c[nH]c(=O)c(Cl)c1. The predicted octanol–water partition coefficient (Wildman–Crippen LogP) is 1.61. The van der Waals surface area contributed by atoms with Gasteiger partial charge in [0.2, 0.25) is 0 Å². The number of H-pyrrole nitrogens is 1. The molecule has 0 fully saturated rings. The smallest absolute Gasteiger partial charge is 0.303 e. The lowest BCUT2D eigenvalue weighted by atomic mass is 10.00. The molecule has 0 amide bonds. The van der Waals surface area contributed by atoms with Gasteiger partial charge in [-0.2, -0.15) is 0 Å². The molecule has 0 aromatic carbocycles. The van der Waals surface area contributed by atoms with Crippen molar-refractivity contribution >= 4 is 17.6 Å². The van der Waals surface area contributed by atoms with E-state index in [9.17, 15) is 9.59 Å². The summed E-state index contributed by atoms with van der Waals surface area (Å²) in [6, 6.07) is 1.49. The first-order chi connectivity index (χ1) is 6.50. The van der Waals surface area contributed by atoms with Gasteiger partial charge in [-0.05, 0) is 17.5 Å². The monoisotopic (exact) mass is 215 g/mol. The minimum absolute atomic E-state index is 0.0162. The Morgan fingerprint density at radius 2 is 2.36 bits per heavy atom. The topological polar surface area (TPSA) is 70.2 Å². The fraction of sp³-hybridized carbons (Fsp3) is 0.333. The van der Waals surface area contributed by atoms with Crippen LogP contribution in [0.1, 0.15) is 24.8 Å². The lowest BCUT2D eigenvalue weighted by Crippen LogP contribution is -2.09. The lowest BCUT2D eigenvalue weighted by molar-refractivity contribution is -0.137. The maximum absolute atomic E-state index is 10.9. The van der Waals surface area contributed by atoms with Crippen LogP contribution >= 0.6 is 11.6 Å². The van der Waals surface area contributed by atoms with Gasteiger partial charge < -0.3 is 10.1 Å². The van der Waals surface area contributed by atoms with Crippen molar-refractivity contribution in [1.29, 1.82) is 0 Å². The van der Waals surface area contributed by atoms with Crippen molar-refractivity contribution in [1.82, 2.24) is 4.98 Å². The molecule has 1 unspecified atom stereocenters. The molecule has 0 radical (unpaired) electrons. The van der Waals surface area contributed by atoms with Crippen molar-refractivity contribution in [2.24, 2.45) is 0 Å². The molecule has 1 heterocycles. The van der Waals surface area contributed by atoms with E-state index in [0.717, 1.165) is 5.56 Å². The number of carboxylic acids is 1. The average molecular weight is 216 g/mol. The maximum atomic E-state index is 10.9. The second-order valence-corrected chi connectivity index (χ2v) is 3.52. The van der Waals surface area contributed by atoms with Crippen molar-refractivity contribution < 1.29 is 9.90 Å². The molecule has 1 aromatic heterocycles. The minimum atomic E-state index is -0.875.